The second-order valence-electron chi connectivity index (χ2n) is 8.94. The van der Waals surface area contributed by atoms with E-state index in [0.717, 1.165) is 35.3 Å². The standard InChI is InChI=1S/C26H27N3O3/c1-17-14-29(27-25(17)18(2)30)26(31)28-15-20-12-22(13-21(20)16-28)32-24-11-7-6-10-23(24)19-8-4-3-5-9-19/h3-11,14,20-22H,12-13,15-16H2,1-2H3/t20-,21+,22+. The molecule has 2 aromatic carbocycles. The van der Waals surface area contributed by atoms with Gasteiger partial charge in [0, 0.05) is 31.8 Å². The molecule has 1 aliphatic carbocycles. The molecule has 2 heterocycles. The molecular weight excluding hydrogens is 402 g/mol. The van der Waals surface area contributed by atoms with Crippen LogP contribution in [0.1, 0.15) is 35.8 Å². The molecule has 0 bridgehead atoms. The smallest absolute Gasteiger partial charge is 0.344 e. The van der Waals surface area contributed by atoms with Crippen LogP contribution in [0.4, 0.5) is 4.79 Å². The van der Waals surface area contributed by atoms with Gasteiger partial charge < -0.3 is 9.64 Å². The lowest BCUT2D eigenvalue weighted by Gasteiger charge is -2.21. The van der Waals surface area contributed by atoms with Gasteiger partial charge in [0.15, 0.2) is 5.78 Å². The maximum absolute atomic E-state index is 12.9. The Hall–Kier alpha value is -3.41. The summed E-state index contributed by atoms with van der Waals surface area (Å²) in [7, 11) is 0. The highest BCUT2D eigenvalue weighted by molar-refractivity contribution is 5.94. The summed E-state index contributed by atoms with van der Waals surface area (Å²) in [6.07, 6.45) is 3.69. The number of likely N-dealkylation sites (tertiary alicyclic amines) is 1. The molecule has 0 unspecified atom stereocenters. The molecule has 1 amide bonds. The Bertz CT molecular complexity index is 1140. The van der Waals surface area contributed by atoms with Gasteiger partial charge in [0.2, 0.25) is 0 Å². The molecule has 1 aliphatic heterocycles. The summed E-state index contributed by atoms with van der Waals surface area (Å²) in [6.45, 7) is 4.69. The number of Topliss-reactive ketones (excluding diaryl/α,β-unsaturated/α-hetero) is 1. The number of hydrogen-bond acceptors (Lipinski definition) is 4. The van der Waals surface area contributed by atoms with E-state index in [4.69, 9.17) is 4.74 Å². The molecule has 6 heteroatoms. The lowest BCUT2D eigenvalue weighted by Crippen LogP contribution is -2.34. The minimum atomic E-state index is -0.151. The van der Waals surface area contributed by atoms with Gasteiger partial charge in [0.25, 0.3) is 0 Å². The first-order valence-corrected chi connectivity index (χ1v) is 11.2. The van der Waals surface area contributed by atoms with Crippen LogP contribution in [0.5, 0.6) is 5.75 Å². The van der Waals surface area contributed by atoms with Gasteiger partial charge in [-0.2, -0.15) is 9.78 Å². The molecule has 2 fully saturated rings. The molecule has 164 valence electrons. The third-order valence-corrected chi connectivity index (χ3v) is 6.67. The highest BCUT2D eigenvalue weighted by Gasteiger charge is 2.44. The first-order chi connectivity index (χ1) is 15.5. The first-order valence-electron chi connectivity index (χ1n) is 11.2. The van der Waals surface area contributed by atoms with Crippen LogP contribution in [0.3, 0.4) is 0 Å². The second kappa shape index (κ2) is 8.26. The predicted molar refractivity (Wildman–Crippen MR) is 122 cm³/mol. The Morgan fingerprint density at radius 2 is 1.62 bits per heavy atom. The zero-order valence-electron chi connectivity index (χ0n) is 18.4. The number of aryl methyl sites for hydroxylation is 1. The predicted octanol–water partition coefficient (Wildman–Crippen LogP) is 4.82. The SMILES string of the molecule is CC(=O)c1nn(C(=O)N2C[C@H]3C[C@H](Oc4ccccc4-c4ccccc4)C[C@H]3C2)cc1C. The minimum absolute atomic E-state index is 0.122. The Labute approximate surface area is 187 Å². The number of hydrogen-bond donors (Lipinski definition) is 0. The topological polar surface area (TPSA) is 64.4 Å². The molecular formula is C26H27N3O3. The fourth-order valence-electron chi connectivity index (χ4n) is 5.15. The molecule has 0 radical (unpaired) electrons. The van der Waals surface area contributed by atoms with Crippen LogP contribution in [-0.2, 0) is 0 Å². The van der Waals surface area contributed by atoms with Crippen molar-refractivity contribution in [2.75, 3.05) is 13.1 Å². The molecule has 0 spiro atoms. The van der Waals surface area contributed by atoms with Gasteiger partial charge in [-0.05, 0) is 48.8 Å². The number of carbonyl (C=O) groups is 2. The van der Waals surface area contributed by atoms with E-state index in [1.165, 1.54) is 11.6 Å². The number of ketones is 1. The van der Waals surface area contributed by atoms with Gasteiger partial charge in [-0.15, -0.1) is 0 Å². The Balaban J connectivity index is 1.24. The van der Waals surface area contributed by atoms with E-state index in [1.807, 2.05) is 41.3 Å². The van der Waals surface area contributed by atoms with Crippen molar-refractivity contribution in [2.45, 2.75) is 32.8 Å². The lowest BCUT2D eigenvalue weighted by molar-refractivity contribution is 0.101. The average molecular weight is 430 g/mol. The van der Waals surface area contributed by atoms with Crippen molar-refractivity contribution < 1.29 is 14.3 Å². The number of benzene rings is 2. The van der Waals surface area contributed by atoms with Gasteiger partial charge >= 0.3 is 6.03 Å². The molecule has 32 heavy (non-hydrogen) atoms. The first kappa shape index (κ1) is 20.5. The maximum Gasteiger partial charge on any atom is 0.344 e. The van der Waals surface area contributed by atoms with E-state index in [0.29, 0.717) is 30.6 Å². The molecule has 1 aromatic heterocycles. The van der Waals surface area contributed by atoms with E-state index in [-0.39, 0.29) is 17.9 Å². The highest BCUT2D eigenvalue weighted by Crippen LogP contribution is 2.41. The normalized spacial score (nSPS) is 22.1. The van der Waals surface area contributed by atoms with Crippen LogP contribution in [0.25, 0.3) is 11.1 Å². The van der Waals surface area contributed by atoms with Crippen LogP contribution in [-0.4, -0.2) is 45.7 Å². The number of para-hydroxylation sites is 1. The Kier molecular flexibility index (Phi) is 5.29. The highest BCUT2D eigenvalue weighted by atomic mass is 16.5. The van der Waals surface area contributed by atoms with Crippen molar-refractivity contribution in [1.29, 1.82) is 0 Å². The third kappa shape index (κ3) is 3.81. The van der Waals surface area contributed by atoms with Crippen LogP contribution in [0.15, 0.2) is 60.8 Å². The zero-order chi connectivity index (χ0) is 22.2. The number of amides is 1. The van der Waals surface area contributed by atoms with Crippen LogP contribution in [0, 0.1) is 18.8 Å². The summed E-state index contributed by atoms with van der Waals surface area (Å²) < 4.78 is 7.78. The van der Waals surface area contributed by atoms with Gasteiger partial charge in [0.05, 0.1) is 6.10 Å². The number of nitrogens with zero attached hydrogens (tertiary/aromatic N) is 3. The van der Waals surface area contributed by atoms with Crippen molar-refractivity contribution in [3.05, 3.63) is 72.1 Å². The number of rotatable bonds is 4. The van der Waals surface area contributed by atoms with Crippen molar-refractivity contribution in [3.63, 3.8) is 0 Å². The van der Waals surface area contributed by atoms with E-state index >= 15 is 0 Å². The fourth-order valence-corrected chi connectivity index (χ4v) is 5.15. The maximum atomic E-state index is 12.9. The largest absolute Gasteiger partial charge is 0.490 e. The van der Waals surface area contributed by atoms with Crippen LogP contribution < -0.4 is 4.74 Å². The van der Waals surface area contributed by atoms with Gasteiger partial charge in [-0.1, -0.05) is 48.5 Å². The quantitative estimate of drug-likeness (QED) is 0.558. The minimum Gasteiger partial charge on any atom is -0.490 e. The summed E-state index contributed by atoms with van der Waals surface area (Å²) in [6, 6.07) is 18.3. The fraction of sp³-hybridized carbons (Fsp3) is 0.346. The van der Waals surface area contributed by atoms with Gasteiger partial charge in [-0.25, -0.2) is 4.79 Å². The molecule has 5 rings (SSSR count). The summed E-state index contributed by atoms with van der Waals surface area (Å²) in [5, 5.41) is 4.21. The number of ether oxygens (including phenoxy) is 1. The zero-order valence-corrected chi connectivity index (χ0v) is 18.4. The van der Waals surface area contributed by atoms with Crippen molar-refractivity contribution >= 4 is 11.8 Å². The van der Waals surface area contributed by atoms with Crippen LogP contribution in [0.2, 0.25) is 0 Å². The molecule has 1 saturated heterocycles. The van der Waals surface area contributed by atoms with Gasteiger partial charge in [-0.3, -0.25) is 4.79 Å². The second-order valence-corrected chi connectivity index (χ2v) is 8.94. The lowest BCUT2D eigenvalue weighted by atomic mass is 10.0. The molecule has 2 aliphatic rings. The summed E-state index contributed by atoms with van der Waals surface area (Å²) in [5.41, 5.74) is 3.36. The van der Waals surface area contributed by atoms with E-state index < -0.39 is 0 Å². The number of carbonyl (C=O) groups excluding carboxylic acids is 2. The summed E-state index contributed by atoms with van der Waals surface area (Å²) in [4.78, 5) is 26.5. The van der Waals surface area contributed by atoms with Crippen molar-refractivity contribution in [1.82, 2.24) is 14.7 Å². The van der Waals surface area contributed by atoms with Crippen molar-refractivity contribution in [2.24, 2.45) is 11.8 Å². The van der Waals surface area contributed by atoms with Crippen LogP contribution >= 0.6 is 0 Å². The molecule has 3 aromatic rings. The molecule has 0 N–H and O–H groups in total. The Morgan fingerprint density at radius 3 is 2.28 bits per heavy atom. The molecule has 6 nitrogen and oxygen atoms in total. The van der Waals surface area contributed by atoms with E-state index in [1.54, 1.807) is 13.1 Å². The number of fused-ring (bicyclic) bond motifs is 1. The Morgan fingerprint density at radius 1 is 0.969 bits per heavy atom. The average Bonchev–Trinajstić information content (AvgIpc) is 3.47. The van der Waals surface area contributed by atoms with E-state index in [9.17, 15) is 9.59 Å². The van der Waals surface area contributed by atoms with Crippen molar-refractivity contribution in [3.8, 4) is 16.9 Å². The third-order valence-electron chi connectivity index (χ3n) is 6.67. The molecule has 3 atom stereocenters. The van der Waals surface area contributed by atoms with E-state index in [2.05, 4.69) is 23.3 Å². The summed E-state index contributed by atoms with van der Waals surface area (Å²) >= 11 is 0. The van der Waals surface area contributed by atoms with Gasteiger partial charge in [0.1, 0.15) is 11.4 Å². The number of aromatic nitrogens is 2. The monoisotopic (exact) mass is 429 g/mol. The molecule has 1 saturated carbocycles. The summed E-state index contributed by atoms with van der Waals surface area (Å²) in [5.74, 6) is 1.65.